The molecule has 1 atom stereocenters. The van der Waals surface area contributed by atoms with Gasteiger partial charge in [-0.2, -0.15) is 0 Å². The third-order valence-corrected chi connectivity index (χ3v) is 3.14. The Hall–Kier alpha value is -0.680. The molecule has 0 radical (unpaired) electrons. The molecule has 1 rings (SSSR count). The lowest BCUT2D eigenvalue weighted by atomic mass is 10.2. The van der Waals surface area contributed by atoms with E-state index < -0.39 is 0 Å². The molecule has 0 spiro atoms. The summed E-state index contributed by atoms with van der Waals surface area (Å²) >= 11 is 7.09. The van der Waals surface area contributed by atoms with E-state index in [0.29, 0.717) is 17.1 Å². The summed E-state index contributed by atoms with van der Waals surface area (Å²) in [5, 5.41) is 6.55. The highest BCUT2D eigenvalue weighted by Gasteiger charge is 2.13. The topological polar surface area (TPSA) is 54.9 Å². The van der Waals surface area contributed by atoms with Gasteiger partial charge in [0.1, 0.15) is 4.88 Å². The fourth-order valence-electron chi connectivity index (χ4n) is 1.14. The summed E-state index contributed by atoms with van der Waals surface area (Å²) in [7, 11) is 0. The number of amides is 1. The molecule has 15 heavy (non-hydrogen) atoms. The van der Waals surface area contributed by atoms with Crippen molar-refractivity contribution in [3.63, 3.8) is 0 Å². The number of hydrogen-bond acceptors (Lipinski definition) is 4. The standard InChI is InChI=1S/C9H14ClN3OS/c1-3-4-7(10)5-11-9(14)8-6(2)12-13-15-8/h7H,3-5H2,1-2H3,(H,11,14). The molecule has 0 aliphatic heterocycles. The van der Waals surface area contributed by atoms with E-state index in [0.717, 1.165) is 24.4 Å². The van der Waals surface area contributed by atoms with Crippen molar-refractivity contribution in [2.45, 2.75) is 32.1 Å². The number of alkyl halides is 1. The first-order valence-electron chi connectivity index (χ1n) is 4.86. The van der Waals surface area contributed by atoms with Gasteiger partial charge in [-0.15, -0.1) is 16.7 Å². The Morgan fingerprint density at radius 2 is 2.40 bits per heavy atom. The maximum Gasteiger partial charge on any atom is 0.264 e. The third-order valence-electron chi connectivity index (χ3n) is 1.94. The Kier molecular flexibility index (Phi) is 4.98. The van der Waals surface area contributed by atoms with Crippen LogP contribution >= 0.6 is 23.1 Å². The van der Waals surface area contributed by atoms with E-state index in [1.165, 1.54) is 0 Å². The van der Waals surface area contributed by atoms with Crippen molar-refractivity contribution in [3.8, 4) is 0 Å². The highest BCUT2D eigenvalue weighted by Crippen LogP contribution is 2.09. The molecule has 84 valence electrons. The van der Waals surface area contributed by atoms with E-state index in [9.17, 15) is 4.79 Å². The number of halogens is 1. The van der Waals surface area contributed by atoms with Crippen LogP contribution in [0.1, 0.15) is 35.1 Å². The maximum absolute atomic E-state index is 11.6. The summed E-state index contributed by atoms with van der Waals surface area (Å²) in [5.41, 5.74) is 0.666. The number of aryl methyl sites for hydroxylation is 1. The summed E-state index contributed by atoms with van der Waals surface area (Å²) in [4.78, 5) is 12.2. The monoisotopic (exact) mass is 247 g/mol. The number of nitrogens with one attached hydrogen (secondary N) is 1. The molecule has 0 aromatic carbocycles. The van der Waals surface area contributed by atoms with Crippen molar-refractivity contribution in [3.05, 3.63) is 10.6 Å². The van der Waals surface area contributed by atoms with Gasteiger partial charge in [-0.1, -0.05) is 17.8 Å². The second-order valence-corrected chi connectivity index (χ2v) is 4.65. The number of hydrogen-bond donors (Lipinski definition) is 1. The van der Waals surface area contributed by atoms with Crippen LogP contribution in [-0.4, -0.2) is 27.4 Å². The van der Waals surface area contributed by atoms with Crippen LogP contribution in [0.25, 0.3) is 0 Å². The maximum atomic E-state index is 11.6. The van der Waals surface area contributed by atoms with Crippen molar-refractivity contribution in [2.24, 2.45) is 0 Å². The van der Waals surface area contributed by atoms with E-state index in [2.05, 4.69) is 21.8 Å². The first kappa shape index (κ1) is 12.4. The number of rotatable bonds is 5. The van der Waals surface area contributed by atoms with Crippen LogP contribution in [0.4, 0.5) is 0 Å². The van der Waals surface area contributed by atoms with E-state index in [1.54, 1.807) is 6.92 Å². The molecule has 0 aliphatic carbocycles. The number of carbonyl (C=O) groups excluding carboxylic acids is 1. The van der Waals surface area contributed by atoms with Crippen molar-refractivity contribution in [1.82, 2.24) is 14.9 Å². The van der Waals surface area contributed by atoms with E-state index in [4.69, 9.17) is 11.6 Å². The molecule has 1 unspecified atom stereocenters. The summed E-state index contributed by atoms with van der Waals surface area (Å²) in [6.07, 6.45) is 1.92. The summed E-state index contributed by atoms with van der Waals surface area (Å²) in [6, 6.07) is 0. The van der Waals surface area contributed by atoms with Crippen LogP contribution in [0.2, 0.25) is 0 Å². The molecule has 1 N–H and O–H groups in total. The van der Waals surface area contributed by atoms with E-state index in [1.807, 2.05) is 0 Å². The number of nitrogens with zero attached hydrogens (tertiary/aromatic N) is 2. The van der Waals surface area contributed by atoms with Crippen LogP contribution < -0.4 is 5.32 Å². The molecule has 0 bridgehead atoms. The first-order valence-corrected chi connectivity index (χ1v) is 6.07. The lowest BCUT2D eigenvalue weighted by Gasteiger charge is -2.08. The average molecular weight is 248 g/mol. The smallest absolute Gasteiger partial charge is 0.264 e. The highest BCUT2D eigenvalue weighted by atomic mass is 35.5. The van der Waals surface area contributed by atoms with Crippen molar-refractivity contribution < 1.29 is 4.79 Å². The third kappa shape index (κ3) is 3.76. The van der Waals surface area contributed by atoms with Gasteiger partial charge < -0.3 is 5.32 Å². The Balaban J connectivity index is 2.40. The van der Waals surface area contributed by atoms with Gasteiger partial charge in [0, 0.05) is 6.54 Å². The molecule has 0 fully saturated rings. The Morgan fingerprint density at radius 3 is 2.93 bits per heavy atom. The number of carbonyl (C=O) groups is 1. The fourth-order valence-corrected chi connectivity index (χ4v) is 2.01. The van der Waals surface area contributed by atoms with E-state index in [-0.39, 0.29) is 11.3 Å². The summed E-state index contributed by atoms with van der Waals surface area (Å²) in [6.45, 7) is 4.32. The predicted octanol–water partition coefficient (Wildman–Crippen LogP) is 1.98. The molecule has 6 heteroatoms. The molecule has 0 aliphatic rings. The average Bonchev–Trinajstić information content (AvgIpc) is 2.61. The molecule has 1 heterocycles. The Labute approximate surface area is 98.2 Å². The second kappa shape index (κ2) is 6.02. The molecular weight excluding hydrogens is 234 g/mol. The zero-order chi connectivity index (χ0) is 11.3. The van der Waals surface area contributed by atoms with Gasteiger partial charge in [0.05, 0.1) is 11.1 Å². The summed E-state index contributed by atoms with van der Waals surface area (Å²) in [5.74, 6) is -0.135. The highest BCUT2D eigenvalue weighted by molar-refractivity contribution is 7.07. The van der Waals surface area contributed by atoms with Crippen LogP contribution in [0.3, 0.4) is 0 Å². The Morgan fingerprint density at radius 1 is 1.67 bits per heavy atom. The van der Waals surface area contributed by atoms with Crippen LogP contribution in [-0.2, 0) is 0 Å². The minimum Gasteiger partial charge on any atom is -0.350 e. The molecular formula is C9H14ClN3OS. The van der Waals surface area contributed by atoms with Crippen molar-refractivity contribution in [1.29, 1.82) is 0 Å². The van der Waals surface area contributed by atoms with Gasteiger partial charge in [0.2, 0.25) is 0 Å². The van der Waals surface area contributed by atoms with Gasteiger partial charge in [-0.05, 0) is 24.9 Å². The normalized spacial score (nSPS) is 12.5. The molecule has 1 aromatic heterocycles. The zero-order valence-corrected chi connectivity index (χ0v) is 10.4. The molecule has 0 saturated heterocycles. The van der Waals surface area contributed by atoms with Gasteiger partial charge in [-0.25, -0.2) is 0 Å². The summed E-state index contributed by atoms with van der Waals surface area (Å²) < 4.78 is 3.70. The van der Waals surface area contributed by atoms with Gasteiger partial charge in [0.15, 0.2) is 0 Å². The Bertz CT molecular complexity index is 329. The largest absolute Gasteiger partial charge is 0.350 e. The minimum absolute atomic E-state index is 0.000127. The second-order valence-electron chi connectivity index (χ2n) is 3.28. The van der Waals surface area contributed by atoms with Gasteiger partial charge >= 0.3 is 0 Å². The lowest BCUT2D eigenvalue weighted by Crippen LogP contribution is -2.29. The van der Waals surface area contributed by atoms with E-state index >= 15 is 0 Å². The zero-order valence-electron chi connectivity index (χ0n) is 8.79. The SMILES string of the molecule is CCCC(Cl)CNC(=O)c1snnc1C. The van der Waals surface area contributed by atoms with Crippen LogP contribution in [0, 0.1) is 6.92 Å². The van der Waals surface area contributed by atoms with Gasteiger partial charge in [-0.3, -0.25) is 4.79 Å². The first-order chi connectivity index (χ1) is 7.15. The number of aromatic nitrogens is 2. The fraction of sp³-hybridized carbons (Fsp3) is 0.667. The molecule has 1 amide bonds. The molecule has 1 aromatic rings. The minimum atomic E-state index is -0.135. The van der Waals surface area contributed by atoms with Crippen LogP contribution in [0.15, 0.2) is 0 Å². The van der Waals surface area contributed by atoms with Crippen LogP contribution in [0.5, 0.6) is 0 Å². The predicted molar refractivity (Wildman–Crippen MR) is 61.5 cm³/mol. The lowest BCUT2D eigenvalue weighted by molar-refractivity contribution is 0.0956. The molecule has 0 saturated carbocycles. The van der Waals surface area contributed by atoms with Crippen molar-refractivity contribution in [2.75, 3.05) is 6.54 Å². The van der Waals surface area contributed by atoms with Gasteiger partial charge in [0.25, 0.3) is 5.91 Å². The molecule has 4 nitrogen and oxygen atoms in total. The van der Waals surface area contributed by atoms with Crippen molar-refractivity contribution >= 4 is 29.0 Å². The quantitative estimate of drug-likeness (QED) is 0.810.